The molecule has 3 N–H and O–H groups in total. The van der Waals surface area contributed by atoms with Crippen LogP contribution in [0, 0.1) is 5.92 Å². The summed E-state index contributed by atoms with van der Waals surface area (Å²) in [6.45, 7) is 1.99. The number of fused-ring (bicyclic) bond motifs is 1. The molecule has 3 unspecified atom stereocenters. The molecule has 0 amide bonds. The molecule has 8 nitrogen and oxygen atoms in total. The van der Waals surface area contributed by atoms with Crippen LogP contribution in [0.5, 0.6) is 0 Å². The van der Waals surface area contributed by atoms with E-state index in [1.165, 1.54) is 0 Å². The highest BCUT2D eigenvalue weighted by atomic mass is 16.5. The highest BCUT2D eigenvalue weighted by Gasteiger charge is 2.26. The van der Waals surface area contributed by atoms with Crippen molar-refractivity contribution in [2.75, 3.05) is 20.7 Å². The van der Waals surface area contributed by atoms with E-state index in [2.05, 4.69) is 25.7 Å². The van der Waals surface area contributed by atoms with Crippen molar-refractivity contribution >= 4 is 5.96 Å². The molecule has 2 aliphatic rings. The van der Waals surface area contributed by atoms with Gasteiger partial charge in [-0.1, -0.05) is 6.42 Å². The van der Waals surface area contributed by atoms with Crippen LogP contribution in [0.1, 0.15) is 37.3 Å². The minimum absolute atomic E-state index is 0.179. The third kappa shape index (κ3) is 4.05. The second-order valence-electron chi connectivity index (χ2n) is 6.65. The monoisotopic (exact) mass is 336 g/mol. The number of rotatable bonds is 5. The Balaban J connectivity index is 1.51. The van der Waals surface area contributed by atoms with Gasteiger partial charge in [0.2, 0.25) is 0 Å². The van der Waals surface area contributed by atoms with Crippen LogP contribution < -0.4 is 10.6 Å². The standard InChI is InChI=1S/C16H28N6O2/c1-17-16(18-8-11-4-3-5-13(11)23)19-12-6-7-15-20-14(10-24-2)21-22(15)9-12/h11-13,23H,3-10H2,1-2H3,(H2,17,18,19). The number of aromatic nitrogens is 3. The number of nitrogens with zero attached hydrogens (tertiary/aromatic N) is 4. The van der Waals surface area contributed by atoms with Crippen molar-refractivity contribution in [3.05, 3.63) is 11.6 Å². The molecule has 1 fully saturated rings. The van der Waals surface area contributed by atoms with Crippen molar-refractivity contribution in [2.24, 2.45) is 10.9 Å². The molecule has 0 saturated heterocycles. The zero-order valence-corrected chi connectivity index (χ0v) is 14.5. The fourth-order valence-electron chi connectivity index (χ4n) is 3.54. The van der Waals surface area contributed by atoms with Crippen LogP contribution in [0.15, 0.2) is 4.99 Å². The van der Waals surface area contributed by atoms with Gasteiger partial charge in [-0.05, 0) is 19.3 Å². The lowest BCUT2D eigenvalue weighted by Gasteiger charge is -2.26. The van der Waals surface area contributed by atoms with Crippen molar-refractivity contribution < 1.29 is 9.84 Å². The van der Waals surface area contributed by atoms with Gasteiger partial charge in [-0.15, -0.1) is 0 Å². The van der Waals surface area contributed by atoms with E-state index in [1.807, 2.05) is 4.68 Å². The molecule has 134 valence electrons. The predicted molar refractivity (Wildman–Crippen MR) is 90.7 cm³/mol. The Morgan fingerprint density at radius 3 is 3.00 bits per heavy atom. The number of guanidine groups is 1. The minimum Gasteiger partial charge on any atom is -0.393 e. The average Bonchev–Trinajstić information content (AvgIpc) is 3.16. The van der Waals surface area contributed by atoms with E-state index in [4.69, 9.17) is 4.74 Å². The number of aliphatic hydroxyl groups excluding tert-OH is 1. The smallest absolute Gasteiger partial charge is 0.191 e. The maximum absolute atomic E-state index is 9.92. The summed E-state index contributed by atoms with van der Waals surface area (Å²) < 4.78 is 7.06. The zero-order valence-electron chi connectivity index (χ0n) is 14.5. The topological polar surface area (TPSA) is 96.6 Å². The van der Waals surface area contributed by atoms with Crippen LogP contribution in [0.25, 0.3) is 0 Å². The molecule has 0 aromatic carbocycles. The first-order valence-electron chi connectivity index (χ1n) is 8.76. The maximum atomic E-state index is 9.92. The Hall–Kier alpha value is -1.67. The molecule has 1 aliphatic carbocycles. The first-order valence-corrected chi connectivity index (χ1v) is 8.76. The molecule has 1 aliphatic heterocycles. The van der Waals surface area contributed by atoms with Crippen molar-refractivity contribution in [1.29, 1.82) is 0 Å². The number of hydrogen-bond acceptors (Lipinski definition) is 5. The summed E-state index contributed by atoms with van der Waals surface area (Å²) in [5.74, 6) is 2.89. The van der Waals surface area contributed by atoms with E-state index in [0.29, 0.717) is 12.5 Å². The van der Waals surface area contributed by atoms with Crippen molar-refractivity contribution in [1.82, 2.24) is 25.4 Å². The number of hydrogen-bond donors (Lipinski definition) is 3. The zero-order chi connectivity index (χ0) is 16.9. The third-order valence-electron chi connectivity index (χ3n) is 4.89. The van der Waals surface area contributed by atoms with Gasteiger partial charge >= 0.3 is 0 Å². The minimum atomic E-state index is -0.179. The highest BCUT2D eigenvalue weighted by Crippen LogP contribution is 2.24. The Morgan fingerprint density at radius 2 is 2.29 bits per heavy atom. The number of methoxy groups -OCH3 is 1. The van der Waals surface area contributed by atoms with Crippen molar-refractivity contribution in [3.8, 4) is 0 Å². The average molecular weight is 336 g/mol. The number of ether oxygens (including phenoxy) is 1. The van der Waals surface area contributed by atoms with E-state index < -0.39 is 0 Å². The Labute approximate surface area is 142 Å². The van der Waals surface area contributed by atoms with E-state index in [0.717, 1.165) is 62.8 Å². The molecule has 24 heavy (non-hydrogen) atoms. The van der Waals surface area contributed by atoms with Crippen LogP contribution >= 0.6 is 0 Å². The second kappa shape index (κ2) is 7.94. The van der Waals surface area contributed by atoms with Crippen LogP contribution in [0.3, 0.4) is 0 Å². The van der Waals surface area contributed by atoms with Gasteiger partial charge < -0.3 is 20.5 Å². The summed E-state index contributed by atoms with van der Waals surface area (Å²) in [7, 11) is 3.43. The SMILES string of the molecule is CN=C(NCC1CCCC1O)NC1CCc2nc(COC)nn2C1. The molecule has 2 heterocycles. The van der Waals surface area contributed by atoms with Gasteiger partial charge in [0.15, 0.2) is 11.8 Å². The molecule has 8 heteroatoms. The van der Waals surface area contributed by atoms with E-state index in [1.54, 1.807) is 14.2 Å². The van der Waals surface area contributed by atoms with Crippen LogP contribution in [0.4, 0.5) is 0 Å². The molecule has 1 aromatic heterocycles. The van der Waals surface area contributed by atoms with Crippen LogP contribution in [0.2, 0.25) is 0 Å². The van der Waals surface area contributed by atoms with E-state index >= 15 is 0 Å². The van der Waals surface area contributed by atoms with Gasteiger partial charge in [-0.3, -0.25) is 4.99 Å². The molecular weight excluding hydrogens is 308 g/mol. The van der Waals surface area contributed by atoms with E-state index in [-0.39, 0.29) is 12.1 Å². The van der Waals surface area contributed by atoms with Crippen LogP contribution in [-0.2, 0) is 24.3 Å². The summed E-state index contributed by atoms with van der Waals surface area (Å²) >= 11 is 0. The normalized spacial score (nSPS) is 27.1. The summed E-state index contributed by atoms with van der Waals surface area (Å²) in [6, 6.07) is 0.272. The van der Waals surface area contributed by atoms with Crippen molar-refractivity contribution in [2.45, 2.75) is 57.4 Å². The quantitative estimate of drug-likeness (QED) is 0.520. The summed E-state index contributed by atoms with van der Waals surface area (Å²) in [5, 5.41) is 21.2. The lowest BCUT2D eigenvalue weighted by molar-refractivity contribution is 0.134. The lowest BCUT2D eigenvalue weighted by Crippen LogP contribution is -2.48. The molecule has 0 bridgehead atoms. The Bertz CT molecular complexity index is 573. The number of aliphatic hydroxyl groups is 1. The van der Waals surface area contributed by atoms with Crippen LogP contribution in [-0.4, -0.2) is 58.7 Å². The summed E-state index contributed by atoms with van der Waals surface area (Å²) in [5.41, 5.74) is 0. The Morgan fingerprint density at radius 1 is 1.42 bits per heavy atom. The third-order valence-corrected chi connectivity index (χ3v) is 4.89. The first-order chi connectivity index (χ1) is 11.7. The molecule has 3 rings (SSSR count). The Kier molecular flexibility index (Phi) is 5.68. The number of aliphatic imine (C=N–C) groups is 1. The highest BCUT2D eigenvalue weighted by molar-refractivity contribution is 5.79. The van der Waals surface area contributed by atoms with Gasteiger partial charge in [0, 0.05) is 39.1 Å². The molecule has 1 saturated carbocycles. The van der Waals surface area contributed by atoms with Gasteiger partial charge in [0.25, 0.3) is 0 Å². The maximum Gasteiger partial charge on any atom is 0.191 e. The van der Waals surface area contributed by atoms with E-state index in [9.17, 15) is 5.11 Å². The van der Waals surface area contributed by atoms with Gasteiger partial charge in [0.05, 0.1) is 12.6 Å². The van der Waals surface area contributed by atoms with Gasteiger partial charge in [0.1, 0.15) is 12.4 Å². The lowest BCUT2D eigenvalue weighted by atomic mass is 10.1. The number of aryl methyl sites for hydroxylation is 1. The molecular formula is C16H28N6O2. The molecule has 3 atom stereocenters. The predicted octanol–water partition coefficient (Wildman–Crippen LogP) is 0.0653. The summed E-state index contributed by atoms with van der Waals surface area (Å²) in [4.78, 5) is 8.80. The number of nitrogens with one attached hydrogen (secondary N) is 2. The second-order valence-corrected chi connectivity index (χ2v) is 6.65. The first kappa shape index (κ1) is 17.2. The summed E-state index contributed by atoms with van der Waals surface area (Å²) in [6.07, 6.45) is 4.83. The molecule has 0 radical (unpaired) electrons. The fourth-order valence-corrected chi connectivity index (χ4v) is 3.54. The largest absolute Gasteiger partial charge is 0.393 e. The van der Waals surface area contributed by atoms with Crippen molar-refractivity contribution in [3.63, 3.8) is 0 Å². The van der Waals surface area contributed by atoms with Gasteiger partial charge in [-0.2, -0.15) is 5.10 Å². The van der Waals surface area contributed by atoms with Gasteiger partial charge in [-0.25, -0.2) is 9.67 Å². The molecule has 0 spiro atoms. The fraction of sp³-hybridized carbons (Fsp3) is 0.812. The molecule has 1 aromatic rings.